The number of thioether (sulfide) groups is 1. The molecule has 0 spiro atoms. The Labute approximate surface area is 171 Å². The van der Waals surface area contributed by atoms with E-state index in [0.29, 0.717) is 23.8 Å². The Balaban J connectivity index is 0.00000364. The number of benzene rings is 2. The Morgan fingerprint density at radius 3 is 2.15 bits per heavy atom. The van der Waals surface area contributed by atoms with E-state index in [-0.39, 0.29) is 35.9 Å². The molecule has 0 aliphatic carbocycles. The van der Waals surface area contributed by atoms with Crippen molar-refractivity contribution in [2.75, 3.05) is 18.1 Å². The van der Waals surface area contributed by atoms with Crippen LogP contribution in [0.3, 0.4) is 0 Å². The number of nitrogens with two attached hydrogens (primary N) is 1. The summed E-state index contributed by atoms with van der Waals surface area (Å²) in [5.41, 5.74) is 9.09. The number of rotatable bonds is 9. The van der Waals surface area contributed by atoms with Crippen molar-refractivity contribution in [1.29, 1.82) is 0 Å². The first-order valence-electron chi connectivity index (χ1n) is 8.75. The summed E-state index contributed by atoms with van der Waals surface area (Å²) >= 11 is 1.31. The predicted molar refractivity (Wildman–Crippen MR) is 116 cm³/mol. The average molecular weight is 407 g/mol. The van der Waals surface area contributed by atoms with E-state index in [1.54, 1.807) is 12.1 Å². The lowest BCUT2D eigenvalue weighted by Crippen LogP contribution is -2.33. The fraction of sp³-hybridized carbons (Fsp3) is 0.333. The molecule has 2 rings (SSSR count). The molecule has 0 aliphatic heterocycles. The van der Waals surface area contributed by atoms with Gasteiger partial charge in [-0.2, -0.15) is 0 Å². The van der Waals surface area contributed by atoms with Gasteiger partial charge in [-0.15, -0.1) is 24.2 Å². The Hall–Kier alpha value is -1.82. The fourth-order valence-electron chi connectivity index (χ4n) is 2.46. The highest BCUT2D eigenvalue weighted by atomic mass is 35.5. The van der Waals surface area contributed by atoms with Gasteiger partial charge in [-0.25, -0.2) is 0 Å². The second-order valence-electron chi connectivity index (χ2n) is 6.51. The number of hydrogen-bond donors (Lipinski definition) is 2. The highest BCUT2D eigenvalue weighted by molar-refractivity contribution is 8.00. The summed E-state index contributed by atoms with van der Waals surface area (Å²) in [7, 11) is 0. The van der Waals surface area contributed by atoms with E-state index in [4.69, 9.17) is 5.73 Å². The first-order chi connectivity index (χ1) is 12.5. The molecular weight excluding hydrogens is 380 g/mol. The van der Waals surface area contributed by atoms with Crippen molar-refractivity contribution < 1.29 is 9.59 Å². The second kappa shape index (κ2) is 11.8. The van der Waals surface area contributed by atoms with Crippen LogP contribution >= 0.6 is 24.2 Å². The number of nitrogens with one attached hydrogen (secondary N) is 1. The summed E-state index contributed by atoms with van der Waals surface area (Å²) < 4.78 is 0. The zero-order chi connectivity index (χ0) is 18.9. The highest BCUT2D eigenvalue weighted by Gasteiger charge is 2.11. The molecule has 146 valence electrons. The van der Waals surface area contributed by atoms with Crippen molar-refractivity contribution in [2.24, 2.45) is 5.73 Å². The Morgan fingerprint density at radius 1 is 0.963 bits per heavy atom. The van der Waals surface area contributed by atoms with Crippen LogP contribution in [-0.4, -0.2) is 29.7 Å². The Kier molecular flexibility index (Phi) is 10.1. The van der Waals surface area contributed by atoms with Gasteiger partial charge in [-0.1, -0.05) is 68.4 Å². The van der Waals surface area contributed by atoms with Gasteiger partial charge in [-0.3, -0.25) is 9.59 Å². The van der Waals surface area contributed by atoms with Gasteiger partial charge in [-0.05, 0) is 17.0 Å². The maximum absolute atomic E-state index is 12.0. The van der Waals surface area contributed by atoms with Crippen LogP contribution in [0.5, 0.6) is 0 Å². The third kappa shape index (κ3) is 7.75. The molecule has 4 nitrogen and oxygen atoms in total. The van der Waals surface area contributed by atoms with Gasteiger partial charge in [0, 0.05) is 18.2 Å². The van der Waals surface area contributed by atoms with Crippen molar-refractivity contribution in [2.45, 2.75) is 25.8 Å². The zero-order valence-electron chi connectivity index (χ0n) is 15.7. The molecular formula is C21H27ClN2O2S. The van der Waals surface area contributed by atoms with E-state index in [9.17, 15) is 9.59 Å². The summed E-state index contributed by atoms with van der Waals surface area (Å²) in [6, 6.07) is 17.0. The normalized spacial score (nSPS) is 11.6. The summed E-state index contributed by atoms with van der Waals surface area (Å²) in [4.78, 5) is 23.9. The fourth-order valence-corrected chi connectivity index (χ4v) is 3.21. The van der Waals surface area contributed by atoms with E-state index in [2.05, 4.69) is 31.3 Å². The molecule has 1 atom stereocenters. The SMILES string of the molecule is CC(C)c1ccc(C(N)CNC(=O)CSCC(=O)c2ccccc2)cc1.Cl. The molecule has 0 fully saturated rings. The van der Waals surface area contributed by atoms with Crippen LogP contribution in [0.4, 0.5) is 0 Å². The van der Waals surface area contributed by atoms with Crippen LogP contribution in [0.15, 0.2) is 54.6 Å². The first kappa shape index (κ1) is 23.2. The summed E-state index contributed by atoms with van der Waals surface area (Å²) in [6.45, 7) is 4.68. The molecule has 0 radical (unpaired) electrons. The van der Waals surface area contributed by atoms with E-state index < -0.39 is 0 Å². The summed E-state index contributed by atoms with van der Waals surface area (Å²) in [6.07, 6.45) is 0. The number of ketones is 1. The number of hydrogen-bond acceptors (Lipinski definition) is 4. The smallest absolute Gasteiger partial charge is 0.230 e. The standard InChI is InChI=1S/C21H26N2O2S.ClH/c1-15(2)16-8-10-17(11-9-16)19(22)12-23-21(25)14-26-13-20(24)18-6-4-3-5-7-18;/h3-11,15,19H,12-14,22H2,1-2H3,(H,23,25);1H. The molecule has 0 aromatic heterocycles. The van der Waals surface area contributed by atoms with Gasteiger partial charge in [0.05, 0.1) is 11.5 Å². The van der Waals surface area contributed by atoms with Gasteiger partial charge in [0.25, 0.3) is 0 Å². The van der Waals surface area contributed by atoms with E-state index in [0.717, 1.165) is 5.56 Å². The largest absolute Gasteiger partial charge is 0.353 e. The molecule has 3 N–H and O–H groups in total. The van der Waals surface area contributed by atoms with E-state index in [1.165, 1.54) is 17.3 Å². The Bertz CT molecular complexity index is 721. The molecule has 6 heteroatoms. The highest BCUT2D eigenvalue weighted by Crippen LogP contribution is 2.17. The molecule has 0 saturated carbocycles. The van der Waals surface area contributed by atoms with E-state index >= 15 is 0 Å². The number of halogens is 1. The minimum Gasteiger partial charge on any atom is -0.353 e. The van der Waals surface area contributed by atoms with Crippen LogP contribution in [0.25, 0.3) is 0 Å². The minimum absolute atomic E-state index is 0. The molecule has 0 aliphatic rings. The third-order valence-electron chi connectivity index (χ3n) is 4.11. The van der Waals surface area contributed by atoms with Crippen LogP contribution in [0, 0.1) is 0 Å². The molecule has 1 unspecified atom stereocenters. The van der Waals surface area contributed by atoms with Gasteiger partial charge in [0.15, 0.2) is 5.78 Å². The molecule has 0 saturated heterocycles. The Morgan fingerprint density at radius 2 is 1.56 bits per heavy atom. The lowest BCUT2D eigenvalue weighted by Gasteiger charge is -2.14. The first-order valence-corrected chi connectivity index (χ1v) is 9.91. The van der Waals surface area contributed by atoms with Gasteiger partial charge >= 0.3 is 0 Å². The second-order valence-corrected chi connectivity index (χ2v) is 7.50. The lowest BCUT2D eigenvalue weighted by molar-refractivity contribution is -0.118. The van der Waals surface area contributed by atoms with Crippen molar-refractivity contribution in [3.8, 4) is 0 Å². The molecule has 27 heavy (non-hydrogen) atoms. The van der Waals surface area contributed by atoms with Gasteiger partial charge in [0.2, 0.25) is 5.91 Å². The van der Waals surface area contributed by atoms with Crippen molar-refractivity contribution >= 4 is 35.9 Å². The molecule has 0 bridgehead atoms. The van der Waals surface area contributed by atoms with Gasteiger partial charge < -0.3 is 11.1 Å². The maximum atomic E-state index is 12.0. The average Bonchev–Trinajstić information content (AvgIpc) is 2.66. The number of carbonyl (C=O) groups excluding carboxylic acids is 2. The summed E-state index contributed by atoms with van der Waals surface area (Å²) in [5.74, 6) is 0.948. The quantitative estimate of drug-likeness (QED) is 0.618. The van der Waals surface area contributed by atoms with Crippen molar-refractivity contribution in [3.05, 3.63) is 71.3 Å². The topological polar surface area (TPSA) is 72.2 Å². The van der Waals surface area contributed by atoms with Crippen molar-refractivity contribution in [1.82, 2.24) is 5.32 Å². The minimum atomic E-state index is -0.240. The van der Waals surface area contributed by atoms with Crippen LogP contribution in [0.2, 0.25) is 0 Å². The zero-order valence-corrected chi connectivity index (χ0v) is 17.3. The predicted octanol–water partition coefficient (Wildman–Crippen LogP) is 3.96. The molecule has 2 aromatic rings. The van der Waals surface area contributed by atoms with E-state index in [1.807, 2.05) is 30.3 Å². The molecule has 0 heterocycles. The lowest BCUT2D eigenvalue weighted by atomic mass is 9.99. The van der Waals surface area contributed by atoms with Crippen LogP contribution in [-0.2, 0) is 4.79 Å². The number of carbonyl (C=O) groups is 2. The maximum Gasteiger partial charge on any atom is 0.230 e. The van der Waals surface area contributed by atoms with Gasteiger partial charge in [0.1, 0.15) is 0 Å². The number of amides is 1. The van der Waals surface area contributed by atoms with Crippen LogP contribution in [0.1, 0.15) is 47.3 Å². The summed E-state index contributed by atoms with van der Waals surface area (Å²) in [5, 5.41) is 2.84. The number of Topliss-reactive ketones (excluding diaryl/α,β-unsaturated/α-hetero) is 1. The molecule has 2 aromatic carbocycles. The molecule has 1 amide bonds. The van der Waals surface area contributed by atoms with Crippen LogP contribution < -0.4 is 11.1 Å². The third-order valence-corrected chi connectivity index (χ3v) is 5.05. The monoisotopic (exact) mass is 406 g/mol. The van der Waals surface area contributed by atoms with Crippen molar-refractivity contribution in [3.63, 3.8) is 0 Å².